The molecule has 1 aromatic carbocycles. The largest absolute Gasteiger partial charge is 0.389 e. The molecule has 4 heteroatoms. The van der Waals surface area contributed by atoms with Gasteiger partial charge in [0.15, 0.2) is 0 Å². The highest BCUT2D eigenvalue weighted by Crippen LogP contribution is 2.10. The van der Waals surface area contributed by atoms with E-state index in [9.17, 15) is 14.3 Å². The first kappa shape index (κ1) is 14.6. The van der Waals surface area contributed by atoms with E-state index in [4.69, 9.17) is 0 Å². The van der Waals surface area contributed by atoms with Crippen LogP contribution in [0.4, 0.5) is 4.39 Å². The SMILES string of the molecule is CC(Cc1ccc(F)cc1)C(=O)NCC(C)(C)O. The van der Waals surface area contributed by atoms with E-state index in [1.165, 1.54) is 12.1 Å². The smallest absolute Gasteiger partial charge is 0.223 e. The molecule has 1 rings (SSSR count). The second-order valence-electron chi connectivity index (χ2n) is 5.26. The maximum absolute atomic E-state index is 12.7. The molecule has 0 saturated carbocycles. The van der Waals surface area contributed by atoms with E-state index in [0.717, 1.165) is 5.56 Å². The van der Waals surface area contributed by atoms with Gasteiger partial charge >= 0.3 is 0 Å². The van der Waals surface area contributed by atoms with Crippen LogP contribution in [0.3, 0.4) is 0 Å². The van der Waals surface area contributed by atoms with Crippen LogP contribution in [-0.4, -0.2) is 23.2 Å². The Hall–Kier alpha value is -1.42. The van der Waals surface area contributed by atoms with Crippen LogP contribution in [0.15, 0.2) is 24.3 Å². The van der Waals surface area contributed by atoms with Gasteiger partial charge in [0.05, 0.1) is 5.60 Å². The third-order valence-electron chi connectivity index (χ3n) is 2.60. The van der Waals surface area contributed by atoms with Gasteiger partial charge in [0.25, 0.3) is 0 Å². The van der Waals surface area contributed by atoms with Crippen molar-refractivity contribution in [3.63, 3.8) is 0 Å². The number of hydrogen-bond donors (Lipinski definition) is 2. The quantitative estimate of drug-likeness (QED) is 0.842. The lowest BCUT2D eigenvalue weighted by atomic mass is 10.00. The molecule has 100 valence electrons. The number of halogens is 1. The zero-order valence-corrected chi connectivity index (χ0v) is 11.0. The van der Waals surface area contributed by atoms with Gasteiger partial charge in [0.2, 0.25) is 5.91 Å². The second-order valence-corrected chi connectivity index (χ2v) is 5.26. The van der Waals surface area contributed by atoms with Crippen LogP contribution in [0, 0.1) is 11.7 Å². The molecule has 0 aliphatic heterocycles. The number of carbonyl (C=O) groups excluding carboxylic acids is 1. The maximum atomic E-state index is 12.7. The first-order chi connectivity index (χ1) is 8.28. The molecule has 3 nitrogen and oxygen atoms in total. The summed E-state index contributed by atoms with van der Waals surface area (Å²) in [5.74, 6) is -0.600. The fourth-order valence-corrected chi connectivity index (χ4v) is 1.54. The molecule has 0 aliphatic carbocycles. The van der Waals surface area contributed by atoms with Gasteiger partial charge in [-0.3, -0.25) is 4.79 Å². The predicted octanol–water partition coefficient (Wildman–Crippen LogP) is 1.89. The molecule has 0 bridgehead atoms. The summed E-state index contributed by atoms with van der Waals surface area (Å²) in [4.78, 5) is 11.8. The van der Waals surface area contributed by atoms with Crippen molar-refractivity contribution in [3.05, 3.63) is 35.6 Å². The Morgan fingerprint density at radius 1 is 1.39 bits per heavy atom. The van der Waals surface area contributed by atoms with Crippen LogP contribution in [0.5, 0.6) is 0 Å². The summed E-state index contributed by atoms with van der Waals surface area (Å²) in [6.07, 6.45) is 0.554. The summed E-state index contributed by atoms with van der Waals surface area (Å²) < 4.78 is 12.7. The second kappa shape index (κ2) is 5.96. The van der Waals surface area contributed by atoms with Gasteiger partial charge in [-0.1, -0.05) is 19.1 Å². The Morgan fingerprint density at radius 3 is 2.44 bits per heavy atom. The highest BCUT2D eigenvalue weighted by atomic mass is 19.1. The van der Waals surface area contributed by atoms with Gasteiger partial charge < -0.3 is 10.4 Å². The van der Waals surface area contributed by atoms with E-state index in [-0.39, 0.29) is 24.2 Å². The Labute approximate surface area is 107 Å². The number of amides is 1. The number of carbonyl (C=O) groups is 1. The van der Waals surface area contributed by atoms with E-state index >= 15 is 0 Å². The minimum absolute atomic E-state index is 0.110. The third-order valence-corrected chi connectivity index (χ3v) is 2.60. The van der Waals surface area contributed by atoms with Crippen LogP contribution in [0.1, 0.15) is 26.3 Å². The van der Waals surface area contributed by atoms with Gasteiger partial charge in [-0.2, -0.15) is 0 Å². The Kier molecular flexibility index (Phi) is 4.84. The summed E-state index contributed by atoms with van der Waals surface area (Å²) in [5, 5.41) is 12.2. The molecule has 0 fully saturated rings. The first-order valence-corrected chi connectivity index (χ1v) is 6.02. The van der Waals surface area contributed by atoms with E-state index in [1.54, 1.807) is 26.0 Å². The molecule has 1 unspecified atom stereocenters. The summed E-state index contributed by atoms with van der Waals surface area (Å²) >= 11 is 0. The van der Waals surface area contributed by atoms with Crippen molar-refractivity contribution >= 4 is 5.91 Å². The molecule has 1 atom stereocenters. The van der Waals surface area contributed by atoms with Crippen molar-refractivity contribution in [2.24, 2.45) is 5.92 Å². The Balaban J connectivity index is 2.47. The minimum Gasteiger partial charge on any atom is -0.389 e. The average Bonchev–Trinajstić information content (AvgIpc) is 2.28. The normalized spacial score (nSPS) is 13.2. The molecule has 0 spiro atoms. The molecule has 2 N–H and O–H groups in total. The van der Waals surface area contributed by atoms with Crippen LogP contribution in [0.25, 0.3) is 0 Å². The van der Waals surface area contributed by atoms with Crippen molar-refractivity contribution in [1.29, 1.82) is 0 Å². The van der Waals surface area contributed by atoms with Gasteiger partial charge in [-0.25, -0.2) is 4.39 Å². The summed E-state index contributed by atoms with van der Waals surface area (Å²) in [6, 6.07) is 6.12. The highest BCUT2D eigenvalue weighted by Gasteiger charge is 2.18. The van der Waals surface area contributed by atoms with Crippen LogP contribution in [-0.2, 0) is 11.2 Å². The lowest BCUT2D eigenvalue weighted by Crippen LogP contribution is -2.40. The zero-order chi connectivity index (χ0) is 13.8. The lowest BCUT2D eigenvalue weighted by molar-refractivity contribution is -0.125. The van der Waals surface area contributed by atoms with E-state index in [0.29, 0.717) is 6.42 Å². The molecule has 0 aromatic heterocycles. The molecule has 1 aromatic rings. The molecule has 1 amide bonds. The van der Waals surface area contributed by atoms with Crippen LogP contribution in [0.2, 0.25) is 0 Å². The number of aliphatic hydroxyl groups is 1. The van der Waals surface area contributed by atoms with Crippen molar-refractivity contribution in [3.8, 4) is 0 Å². The van der Waals surface area contributed by atoms with Crippen LogP contribution >= 0.6 is 0 Å². The monoisotopic (exact) mass is 253 g/mol. The Bertz CT molecular complexity index is 395. The van der Waals surface area contributed by atoms with Crippen molar-refractivity contribution in [2.75, 3.05) is 6.54 Å². The van der Waals surface area contributed by atoms with Gasteiger partial charge in [-0.15, -0.1) is 0 Å². The number of nitrogens with one attached hydrogen (secondary N) is 1. The van der Waals surface area contributed by atoms with Crippen molar-refractivity contribution < 1.29 is 14.3 Å². The average molecular weight is 253 g/mol. The van der Waals surface area contributed by atoms with Gasteiger partial charge in [-0.05, 0) is 38.0 Å². The molecule has 0 radical (unpaired) electrons. The molecule has 0 saturated heterocycles. The first-order valence-electron chi connectivity index (χ1n) is 6.02. The predicted molar refractivity (Wildman–Crippen MR) is 68.6 cm³/mol. The minimum atomic E-state index is -0.911. The number of benzene rings is 1. The highest BCUT2D eigenvalue weighted by molar-refractivity contribution is 5.78. The maximum Gasteiger partial charge on any atom is 0.223 e. The molecule has 0 heterocycles. The van der Waals surface area contributed by atoms with Crippen molar-refractivity contribution in [1.82, 2.24) is 5.32 Å². The van der Waals surface area contributed by atoms with E-state index < -0.39 is 5.60 Å². The van der Waals surface area contributed by atoms with Gasteiger partial charge in [0.1, 0.15) is 5.82 Å². The topological polar surface area (TPSA) is 49.3 Å². The van der Waals surface area contributed by atoms with E-state index in [2.05, 4.69) is 5.32 Å². The van der Waals surface area contributed by atoms with Gasteiger partial charge in [0, 0.05) is 12.5 Å². The zero-order valence-electron chi connectivity index (χ0n) is 11.0. The summed E-state index contributed by atoms with van der Waals surface area (Å²) in [5.41, 5.74) is 0.00735. The number of hydrogen-bond acceptors (Lipinski definition) is 2. The van der Waals surface area contributed by atoms with Crippen molar-refractivity contribution in [2.45, 2.75) is 32.8 Å². The van der Waals surface area contributed by atoms with E-state index in [1.807, 2.05) is 6.92 Å². The summed E-state index contributed by atoms with van der Waals surface area (Å²) in [7, 11) is 0. The fourth-order valence-electron chi connectivity index (χ4n) is 1.54. The molecular formula is C14H20FNO2. The number of rotatable bonds is 5. The molecule has 0 aliphatic rings. The lowest BCUT2D eigenvalue weighted by Gasteiger charge is -2.19. The third kappa shape index (κ3) is 5.27. The van der Waals surface area contributed by atoms with Crippen LogP contribution < -0.4 is 5.32 Å². The standard InChI is InChI=1S/C14H20FNO2/c1-10(13(17)16-9-14(2,3)18)8-11-4-6-12(15)7-5-11/h4-7,10,18H,8-9H2,1-3H3,(H,16,17). The molecule has 18 heavy (non-hydrogen) atoms. The summed E-state index contributed by atoms with van der Waals surface area (Å²) in [6.45, 7) is 5.30. The molecular weight excluding hydrogens is 233 g/mol. The fraction of sp³-hybridized carbons (Fsp3) is 0.500. The Morgan fingerprint density at radius 2 is 1.94 bits per heavy atom.